The second kappa shape index (κ2) is 5.42. The van der Waals surface area contributed by atoms with Crippen molar-refractivity contribution < 1.29 is 14.5 Å². The van der Waals surface area contributed by atoms with Crippen molar-refractivity contribution in [1.82, 2.24) is 0 Å². The molecule has 0 aromatic heterocycles. The second-order valence-electron chi connectivity index (χ2n) is 7.63. The Morgan fingerprint density at radius 1 is 1.20 bits per heavy atom. The molecule has 6 nitrogen and oxygen atoms in total. The third-order valence-corrected chi connectivity index (χ3v) is 7.35. The highest BCUT2D eigenvalue weighted by molar-refractivity contribution is 6.42. The van der Waals surface area contributed by atoms with Gasteiger partial charge in [0, 0.05) is 17.9 Å². The number of benzene rings is 1. The van der Waals surface area contributed by atoms with E-state index < -0.39 is 21.2 Å². The first-order valence-electron chi connectivity index (χ1n) is 7.94. The first kappa shape index (κ1) is 18.1. The minimum Gasteiger partial charge on any atom is -0.320 e. The zero-order valence-electron chi connectivity index (χ0n) is 14.1. The van der Waals surface area contributed by atoms with Crippen LogP contribution in [0.15, 0.2) is 12.1 Å². The molecule has 8 heteroatoms. The predicted octanol–water partition coefficient (Wildman–Crippen LogP) is 4.63. The van der Waals surface area contributed by atoms with E-state index in [1.54, 1.807) is 0 Å². The SMILES string of the molecule is CC12CCC(C(=O)Nc3cc(Cl)c(Cl)cc3[N+](=O)[O-])(CC1=O)C2(C)C. The van der Waals surface area contributed by atoms with Crippen LogP contribution in [0.2, 0.25) is 10.0 Å². The second-order valence-corrected chi connectivity index (χ2v) is 8.45. The van der Waals surface area contributed by atoms with Crippen molar-refractivity contribution in [3.63, 3.8) is 0 Å². The molecule has 1 amide bonds. The van der Waals surface area contributed by atoms with Crippen molar-refractivity contribution in [2.24, 2.45) is 16.2 Å². The molecule has 1 aromatic carbocycles. The minimum absolute atomic E-state index is 0.0115. The quantitative estimate of drug-likeness (QED) is 0.607. The molecule has 0 heterocycles. The Labute approximate surface area is 155 Å². The highest BCUT2D eigenvalue weighted by Crippen LogP contribution is 2.70. The average molecular weight is 385 g/mol. The molecule has 2 aliphatic rings. The first-order chi connectivity index (χ1) is 11.5. The lowest BCUT2D eigenvalue weighted by Crippen LogP contribution is -2.43. The number of fused-ring (bicyclic) bond motifs is 2. The summed E-state index contributed by atoms with van der Waals surface area (Å²) in [6.45, 7) is 5.75. The summed E-state index contributed by atoms with van der Waals surface area (Å²) < 4.78 is 0. The summed E-state index contributed by atoms with van der Waals surface area (Å²) in [6.07, 6.45) is 1.36. The van der Waals surface area contributed by atoms with Crippen molar-refractivity contribution in [1.29, 1.82) is 0 Å². The Morgan fingerprint density at radius 2 is 1.80 bits per heavy atom. The largest absolute Gasteiger partial charge is 0.320 e. The highest BCUT2D eigenvalue weighted by Gasteiger charge is 2.72. The zero-order valence-corrected chi connectivity index (χ0v) is 15.6. The summed E-state index contributed by atoms with van der Waals surface area (Å²) in [4.78, 5) is 36.2. The molecule has 134 valence electrons. The van der Waals surface area contributed by atoms with Gasteiger partial charge in [0.05, 0.1) is 20.4 Å². The van der Waals surface area contributed by atoms with Gasteiger partial charge in [0.15, 0.2) is 0 Å². The van der Waals surface area contributed by atoms with E-state index in [0.717, 1.165) is 6.07 Å². The monoisotopic (exact) mass is 384 g/mol. The van der Waals surface area contributed by atoms with Gasteiger partial charge in [-0.3, -0.25) is 19.7 Å². The number of carbonyl (C=O) groups is 2. The van der Waals surface area contributed by atoms with Gasteiger partial charge in [0.2, 0.25) is 5.91 Å². The number of ketones is 1. The summed E-state index contributed by atoms with van der Waals surface area (Å²) in [7, 11) is 0. The van der Waals surface area contributed by atoms with Crippen LogP contribution < -0.4 is 5.32 Å². The van der Waals surface area contributed by atoms with Gasteiger partial charge in [-0.1, -0.05) is 44.0 Å². The molecule has 0 spiro atoms. The fraction of sp³-hybridized carbons (Fsp3) is 0.529. The van der Waals surface area contributed by atoms with Crippen molar-refractivity contribution >= 4 is 46.3 Å². The van der Waals surface area contributed by atoms with Crippen LogP contribution in [-0.4, -0.2) is 16.6 Å². The van der Waals surface area contributed by atoms with E-state index in [1.807, 2.05) is 20.8 Å². The number of nitrogens with zero attached hydrogens (tertiary/aromatic N) is 1. The maximum atomic E-state index is 13.1. The van der Waals surface area contributed by atoms with Crippen LogP contribution in [0.3, 0.4) is 0 Å². The van der Waals surface area contributed by atoms with Gasteiger partial charge in [-0.2, -0.15) is 0 Å². The third-order valence-electron chi connectivity index (χ3n) is 6.62. The number of nitro groups is 1. The van der Waals surface area contributed by atoms with Gasteiger partial charge in [-0.15, -0.1) is 0 Å². The van der Waals surface area contributed by atoms with Crippen LogP contribution in [0.1, 0.15) is 40.0 Å². The molecule has 0 aliphatic heterocycles. The summed E-state index contributed by atoms with van der Waals surface area (Å²) in [5, 5.41) is 14.1. The highest BCUT2D eigenvalue weighted by atomic mass is 35.5. The molecule has 25 heavy (non-hydrogen) atoms. The van der Waals surface area contributed by atoms with Crippen LogP contribution in [-0.2, 0) is 9.59 Å². The van der Waals surface area contributed by atoms with Crippen molar-refractivity contribution in [3.8, 4) is 0 Å². The van der Waals surface area contributed by atoms with Crippen molar-refractivity contribution in [3.05, 3.63) is 32.3 Å². The van der Waals surface area contributed by atoms with E-state index in [-0.39, 0.29) is 39.5 Å². The molecule has 1 N–H and O–H groups in total. The predicted molar refractivity (Wildman–Crippen MR) is 94.9 cm³/mol. The summed E-state index contributed by atoms with van der Waals surface area (Å²) in [6, 6.07) is 2.38. The molecule has 0 saturated heterocycles. The van der Waals surface area contributed by atoms with Crippen LogP contribution in [0.5, 0.6) is 0 Å². The van der Waals surface area contributed by atoms with Crippen LogP contribution in [0.4, 0.5) is 11.4 Å². The van der Waals surface area contributed by atoms with Gasteiger partial charge in [-0.05, 0) is 24.3 Å². The fourth-order valence-electron chi connectivity index (χ4n) is 4.39. The van der Waals surface area contributed by atoms with Gasteiger partial charge in [-0.25, -0.2) is 0 Å². The van der Waals surface area contributed by atoms with Crippen LogP contribution >= 0.6 is 23.2 Å². The Balaban J connectivity index is 2.01. The van der Waals surface area contributed by atoms with E-state index in [2.05, 4.69) is 5.32 Å². The summed E-state index contributed by atoms with van der Waals surface area (Å²) in [5.74, 6) is -0.309. The minimum atomic E-state index is -0.876. The number of nitro benzene ring substituents is 1. The number of Topliss-reactive ketones (excluding diaryl/α,β-unsaturated/α-hetero) is 1. The van der Waals surface area contributed by atoms with E-state index in [9.17, 15) is 19.7 Å². The summed E-state index contributed by atoms with van der Waals surface area (Å²) >= 11 is 11.8. The van der Waals surface area contributed by atoms with E-state index in [4.69, 9.17) is 23.2 Å². The number of rotatable bonds is 3. The average Bonchev–Trinajstić information content (AvgIpc) is 2.80. The molecule has 2 bridgehead atoms. The summed E-state index contributed by atoms with van der Waals surface area (Å²) in [5.41, 5.74) is -2.30. The molecule has 0 radical (unpaired) electrons. The maximum Gasteiger partial charge on any atom is 0.294 e. The van der Waals surface area contributed by atoms with Gasteiger partial charge in [0.25, 0.3) is 5.69 Å². The Kier molecular flexibility index (Phi) is 3.93. The number of nitrogens with one attached hydrogen (secondary N) is 1. The first-order valence-corrected chi connectivity index (χ1v) is 8.70. The smallest absolute Gasteiger partial charge is 0.294 e. The molecule has 1 aromatic rings. The number of amides is 1. The number of carbonyl (C=O) groups excluding carboxylic acids is 2. The topological polar surface area (TPSA) is 89.3 Å². The van der Waals surface area contributed by atoms with Gasteiger partial charge in [0.1, 0.15) is 11.5 Å². The molecule has 2 unspecified atom stereocenters. The number of halogens is 2. The Morgan fingerprint density at radius 3 is 2.28 bits per heavy atom. The van der Waals surface area contributed by atoms with Crippen LogP contribution in [0, 0.1) is 26.4 Å². The molecular formula is C17H18Cl2N2O4. The molecule has 2 aliphatic carbocycles. The van der Waals surface area contributed by atoms with Crippen molar-refractivity contribution in [2.75, 3.05) is 5.32 Å². The maximum absolute atomic E-state index is 13.1. The van der Waals surface area contributed by atoms with Crippen molar-refractivity contribution in [2.45, 2.75) is 40.0 Å². The lowest BCUT2D eigenvalue weighted by atomic mass is 9.64. The Hall–Kier alpha value is -1.66. The fourth-order valence-corrected chi connectivity index (χ4v) is 4.71. The number of hydrogen-bond donors (Lipinski definition) is 1. The number of hydrogen-bond acceptors (Lipinski definition) is 4. The van der Waals surface area contributed by atoms with Crippen LogP contribution in [0.25, 0.3) is 0 Å². The molecule has 2 atom stereocenters. The third kappa shape index (κ3) is 2.23. The zero-order chi connectivity index (χ0) is 18.8. The molecule has 3 rings (SSSR count). The number of anilines is 1. The lowest BCUT2D eigenvalue weighted by molar-refractivity contribution is -0.383. The normalized spacial score (nSPS) is 29.7. The lowest BCUT2D eigenvalue weighted by Gasteiger charge is -2.38. The van der Waals surface area contributed by atoms with Gasteiger partial charge < -0.3 is 5.32 Å². The molecular weight excluding hydrogens is 367 g/mol. The van der Waals surface area contributed by atoms with E-state index in [0.29, 0.717) is 12.8 Å². The van der Waals surface area contributed by atoms with Gasteiger partial charge >= 0.3 is 0 Å². The Bertz CT molecular complexity index is 823. The van der Waals surface area contributed by atoms with E-state index in [1.165, 1.54) is 6.07 Å². The standard InChI is InChI=1S/C17H18Cl2N2O4/c1-15(2)16(3)4-5-17(15,8-13(16)22)14(23)20-11-6-9(18)10(19)7-12(11)21(24)25/h6-7H,4-5,8H2,1-3H3,(H,20,23). The van der Waals surface area contributed by atoms with E-state index >= 15 is 0 Å². The molecule has 2 saturated carbocycles. The molecule has 2 fully saturated rings.